The molecule has 0 saturated carbocycles. The van der Waals surface area contributed by atoms with Gasteiger partial charge < -0.3 is 4.74 Å². The molecule has 0 spiro atoms. The first kappa shape index (κ1) is 19.5. The molecular formula is C18H13N3O5S2. The van der Waals surface area contributed by atoms with Crippen LogP contribution in [0.2, 0.25) is 0 Å². The molecule has 1 aliphatic heterocycles. The summed E-state index contributed by atoms with van der Waals surface area (Å²) in [4.78, 5) is 35.7. The number of nitrogens with one attached hydrogen (secondary N) is 1. The third kappa shape index (κ3) is 4.02. The number of ether oxygens (including phenoxy) is 1. The Morgan fingerprint density at radius 1 is 1.29 bits per heavy atom. The smallest absolute Gasteiger partial charge is 0.311 e. The van der Waals surface area contributed by atoms with Crippen LogP contribution in [0.3, 0.4) is 0 Å². The molecule has 0 bridgehead atoms. The van der Waals surface area contributed by atoms with E-state index < -0.39 is 16.7 Å². The number of methoxy groups -OCH3 is 1. The first-order valence-electron chi connectivity index (χ1n) is 7.87. The Bertz CT molecular complexity index is 1010. The average molecular weight is 415 g/mol. The third-order valence-electron chi connectivity index (χ3n) is 3.74. The Balaban J connectivity index is 1.82. The molecule has 2 amide bonds. The fraction of sp³-hybridized carbons (Fsp3) is 0.0556. The van der Waals surface area contributed by atoms with Crippen LogP contribution in [0.15, 0.2) is 53.4 Å². The highest BCUT2D eigenvalue weighted by Gasteiger charge is 2.34. The number of thiocarbonyl (C=S) groups is 1. The lowest BCUT2D eigenvalue weighted by Gasteiger charge is -2.15. The normalized spacial score (nSPS) is 15.0. The van der Waals surface area contributed by atoms with Crippen molar-refractivity contribution >= 4 is 51.9 Å². The zero-order valence-electron chi connectivity index (χ0n) is 14.4. The van der Waals surface area contributed by atoms with Crippen molar-refractivity contribution in [3.05, 3.63) is 74.7 Å². The minimum absolute atomic E-state index is 0.116. The molecule has 10 heteroatoms. The molecular weight excluding hydrogens is 402 g/mol. The zero-order chi connectivity index (χ0) is 20.3. The number of thioether (sulfide) groups is 1. The van der Waals surface area contributed by atoms with E-state index in [1.54, 1.807) is 36.4 Å². The zero-order valence-corrected chi connectivity index (χ0v) is 16.1. The van der Waals surface area contributed by atoms with Crippen molar-refractivity contribution in [2.75, 3.05) is 7.11 Å². The van der Waals surface area contributed by atoms with E-state index in [1.165, 1.54) is 25.3 Å². The van der Waals surface area contributed by atoms with Crippen LogP contribution >= 0.6 is 24.0 Å². The van der Waals surface area contributed by atoms with E-state index in [4.69, 9.17) is 17.0 Å². The average Bonchev–Trinajstić information content (AvgIpc) is 2.95. The van der Waals surface area contributed by atoms with E-state index in [9.17, 15) is 19.7 Å². The van der Waals surface area contributed by atoms with Crippen LogP contribution in [-0.2, 0) is 4.79 Å². The van der Waals surface area contributed by atoms with E-state index in [0.717, 1.165) is 16.8 Å². The van der Waals surface area contributed by atoms with Crippen molar-refractivity contribution in [3.63, 3.8) is 0 Å². The van der Waals surface area contributed by atoms with Crippen LogP contribution in [0.5, 0.6) is 5.75 Å². The first-order valence-corrected chi connectivity index (χ1v) is 9.09. The Kier molecular flexibility index (Phi) is 5.71. The van der Waals surface area contributed by atoms with Crippen LogP contribution in [0.4, 0.5) is 5.69 Å². The van der Waals surface area contributed by atoms with Crippen molar-refractivity contribution in [3.8, 4) is 5.75 Å². The molecule has 2 aromatic carbocycles. The van der Waals surface area contributed by atoms with Gasteiger partial charge in [-0.25, -0.2) is 0 Å². The number of carbonyl (C=O) groups is 2. The summed E-state index contributed by atoms with van der Waals surface area (Å²) in [5.41, 5.74) is 3.07. The number of amides is 2. The number of hydrogen-bond donors (Lipinski definition) is 1. The quantitative estimate of drug-likeness (QED) is 0.346. The standard InChI is InChI=1S/C18H13N3O5S2/c1-26-14-8-7-11(9-13(14)21(24)25)10-15-17(23)20(18(27)28-15)19-16(22)12-5-3-2-4-6-12/h2-10H,1H3,(H,19,22)/b15-10+. The van der Waals surface area contributed by atoms with Crippen molar-refractivity contribution < 1.29 is 19.2 Å². The molecule has 1 aliphatic rings. The molecule has 1 fully saturated rings. The number of carbonyl (C=O) groups excluding carboxylic acids is 2. The number of hydrazine groups is 1. The molecule has 142 valence electrons. The Labute approximate surface area is 169 Å². The Morgan fingerprint density at radius 3 is 2.64 bits per heavy atom. The van der Waals surface area contributed by atoms with Gasteiger partial charge in [-0.15, -0.1) is 0 Å². The summed E-state index contributed by atoms with van der Waals surface area (Å²) in [6.45, 7) is 0. The van der Waals surface area contributed by atoms with Crippen LogP contribution in [-0.4, -0.2) is 33.2 Å². The molecule has 1 heterocycles. The third-order valence-corrected chi connectivity index (χ3v) is 5.04. The Morgan fingerprint density at radius 2 is 2.00 bits per heavy atom. The molecule has 0 aromatic heterocycles. The SMILES string of the molecule is COc1ccc(/C=C2/SC(=S)N(NC(=O)c3ccccc3)C2=O)cc1[N+](=O)[O-]. The largest absolute Gasteiger partial charge is 0.490 e. The fourth-order valence-corrected chi connectivity index (χ4v) is 3.59. The predicted octanol–water partition coefficient (Wildman–Crippen LogP) is 3.15. The molecule has 3 rings (SSSR count). The maximum atomic E-state index is 12.6. The van der Waals surface area contributed by atoms with Gasteiger partial charge in [-0.05, 0) is 42.1 Å². The molecule has 1 N–H and O–H groups in total. The van der Waals surface area contributed by atoms with Crippen molar-refractivity contribution in [2.45, 2.75) is 0 Å². The minimum Gasteiger partial charge on any atom is -0.490 e. The first-order chi connectivity index (χ1) is 13.4. The molecule has 0 radical (unpaired) electrons. The van der Waals surface area contributed by atoms with Crippen LogP contribution < -0.4 is 10.2 Å². The second kappa shape index (κ2) is 8.19. The molecule has 0 unspecified atom stereocenters. The molecule has 0 atom stereocenters. The number of nitrogens with zero attached hydrogens (tertiary/aromatic N) is 2. The maximum Gasteiger partial charge on any atom is 0.311 e. The number of benzene rings is 2. The van der Waals surface area contributed by atoms with Crippen LogP contribution in [0.1, 0.15) is 15.9 Å². The lowest BCUT2D eigenvalue weighted by atomic mass is 10.1. The topological polar surface area (TPSA) is 102 Å². The summed E-state index contributed by atoms with van der Waals surface area (Å²) >= 11 is 6.16. The van der Waals surface area contributed by atoms with Gasteiger partial charge in [0, 0.05) is 11.6 Å². The van der Waals surface area contributed by atoms with E-state index in [0.29, 0.717) is 11.1 Å². The van der Waals surface area contributed by atoms with Crippen LogP contribution in [0.25, 0.3) is 6.08 Å². The van der Waals surface area contributed by atoms with Crippen molar-refractivity contribution in [1.82, 2.24) is 10.4 Å². The second-order valence-corrected chi connectivity index (χ2v) is 7.19. The predicted molar refractivity (Wildman–Crippen MR) is 109 cm³/mol. The van der Waals surface area contributed by atoms with E-state index >= 15 is 0 Å². The van der Waals surface area contributed by atoms with E-state index in [1.807, 2.05) is 0 Å². The van der Waals surface area contributed by atoms with Gasteiger partial charge in [0.2, 0.25) is 0 Å². The van der Waals surface area contributed by atoms with Gasteiger partial charge in [0.1, 0.15) is 0 Å². The summed E-state index contributed by atoms with van der Waals surface area (Å²) in [5, 5.41) is 12.1. The van der Waals surface area contributed by atoms with Gasteiger partial charge >= 0.3 is 5.69 Å². The van der Waals surface area contributed by atoms with E-state index in [-0.39, 0.29) is 20.7 Å². The number of rotatable bonds is 5. The maximum absolute atomic E-state index is 12.6. The molecule has 28 heavy (non-hydrogen) atoms. The lowest BCUT2D eigenvalue weighted by molar-refractivity contribution is -0.385. The summed E-state index contributed by atoms with van der Waals surface area (Å²) in [6.07, 6.45) is 1.47. The lowest BCUT2D eigenvalue weighted by Crippen LogP contribution is -2.44. The second-order valence-electron chi connectivity index (χ2n) is 5.51. The van der Waals surface area contributed by atoms with Crippen molar-refractivity contribution in [2.24, 2.45) is 0 Å². The van der Waals surface area contributed by atoms with Gasteiger partial charge in [-0.3, -0.25) is 25.1 Å². The minimum atomic E-state index is -0.568. The summed E-state index contributed by atoms with van der Waals surface area (Å²) in [6, 6.07) is 12.7. The van der Waals surface area contributed by atoms with Gasteiger partial charge in [-0.1, -0.05) is 36.0 Å². The van der Waals surface area contributed by atoms with E-state index in [2.05, 4.69) is 5.43 Å². The number of hydrogen-bond acceptors (Lipinski definition) is 7. The summed E-state index contributed by atoms with van der Waals surface area (Å²) < 4.78 is 5.12. The van der Waals surface area contributed by atoms with Gasteiger partial charge in [0.25, 0.3) is 11.8 Å². The van der Waals surface area contributed by atoms with Crippen LogP contribution in [0, 0.1) is 10.1 Å². The van der Waals surface area contributed by atoms with Crippen molar-refractivity contribution in [1.29, 1.82) is 0 Å². The van der Waals surface area contributed by atoms with Gasteiger partial charge in [0.15, 0.2) is 10.1 Å². The number of nitro benzene ring substituents is 1. The highest BCUT2D eigenvalue weighted by molar-refractivity contribution is 8.26. The fourth-order valence-electron chi connectivity index (χ4n) is 2.41. The molecule has 8 nitrogen and oxygen atoms in total. The highest BCUT2D eigenvalue weighted by Crippen LogP contribution is 2.33. The van der Waals surface area contributed by atoms with Gasteiger partial charge in [0.05, 0.1) is 16.9 Å². The number of nitro groups is 1. The summed E-state index contributed by atoms with van der Waals surface area (Å²) in [7, 11) is 1.34. The Hall–Kier alpha value is -3.24. The molecule has 1 saturated heterocycles. The monoisotopic (exact) mass is 415 g/mol. The molecule has 2 aromatic rings. The summed E-state index contributed by atoms with van der Waals surface area (Å²) in [5.74, 6) is -0.874. The highest BCUT2D eigenvalue weighted by atomic mass is 32.2. The van der Waals surface area contributed by atoms with Gasteiger partial charge in [-0.2, -0.15) is 5.01 Å². The molecule has 0 aliphatic carbocycles.